The maximum atomic E-state index is 5.63. The Bertz CT molecular complexity index is 631. The van der Waals surface area contributed by atoms with Gasteiger partial charge in [-0.2, -0.15) is 0 Å². The number of benzene rings is 1. The zero-order valence-electron chi connectivity index (χ0n) is 9.97. The van der Waals surface area contributed by atoms with Gasteiger partial charge in [-0.05, 0) is 35.2 Å². The second kappa shape index (κ2) is 4.92. The number of rotatable bonds is 4. The molecule has 3 nitrogen and oxygen atoms in total. The molecule has 0 spiro atoms. The maximum Gasteiger partial charge on any atom is 0.137 e. The Morgan fingerprint density at radius 2 is 2.17 bits per heavy atom. The van der Waals surface area contributed by atoms with Gasteiger partial charge in [-0.25, -0.2) is 0 Å². The van der Waals surface area contributed by atoms with E-state index in [-0.39, 0.29) is 0 Å². The van der Waals surface area contributed by atoms with Crippen LogP contribution in [-0.2, 0) is 6.42 Å². The Balaban J connectivity index is 1.62. The van der Waals surface area contributed by atoms with Crippen LogP contribution < -0.4 is 4.74 Å². The Labute approximate surface area is 105 Å². The number of fused-ring (bicyclic) bond motifs is 1. The lowest BCUT2D eigenvalue weighted by Crippen LogP contribution is -2.01. The molecule has 0 fully saturated rings. The molecule has 0 aliphatic heterocycles. The van der Waals surface area contributed by atoms with E-state index in [1.807, 2.05) is 18.3 Å². The van der Waals surface area contributed by atoms with Crippen LogP contribution in [0.15, 0.2) is 55.0 Å². The summed E-state index contributed by atoms with van der Waals surface area (Å²) in [7, 11) is 0. The normalized spacial score (nSPS) is 10.7. The molecule has 0 unspecified atom stereocenters. The van der Waals surface area contributed by atoms with Crippen LogP contribution in [0.1, 0.15) is 5.56 Å². The number of aromatic nitrogens is 2. The van der Waals surface area contributed by atoms with Crippen LogP contribution in [0.2, 0.25) is 0 Å². The van der Waals surface area contributed by atoms with Crippen molar-refractivity contribution in [2.45, 2.75) is 6.42 Å². The summed E-state index contributed by atoms with van der Waals surface area (Å²) in [6.07, 6.45) is 6.32. The molecular weight excluding hydrogens is 224 g/mol. The summed E-state index contributed by atoms with van der Waals surface area (Å²) >= 11 is 0. The Morgan fingerprint density at radius 1 is 1.17 bits per heavy atom. The average molecular weight is 238 g/mol. The van der Waals surface area contributed by atoms with Gasteiger partial charge < -0.3 is 9.72 Å². The average Bonchev–Trinajstić information content (AvgIpc) is 2.87. The summed E-state index contributed by atoms with van der Waals surface area (Å²) < 4.78 is 5.63. The largest absolute Gasteiger partial charge is 0.492 e. The topological polar surface area (TPSA) is 37.9 Å². The van der Waals surface area contributed by atoms with Crippen molar-refractivity contribution in [1.29, 1.82) is 0 Å². The summed E-state index contributed by atoms with van der Waals surface area (Å²) in [5.41, 5.74) is 2.45. The number of ether oxygens (including phenoxy) is 1. The van der Waals surface area contributed by atoms with Crippen LogP contribution in [0.3, 0.4) is 0 Å². The van der Waals surface area contributed by atoms with Gasteiger partial charge >= 0.3 is 0 Å². The highest BCUT2D eigenvalue weighted by molar-refractivity contribution is 5.79. The quantitative estimate of drug-likeness (QED) is 0.758. The first-order valence-electron chi connectivity index (χ1n) is 6.01. The minimum Gasteiger partial charge on any atom is -0.492 e. The molecule has 3 aromatic rings. The van der Waals surface area contributed by atoms with Crippen molar-refractivity contribution in [1.82, 2.24) is 9.97 Å². The van der Waals surface area contributed by atoms with Crippen LogP contribution >= 0.6 is 0 Å². The fourth-order valence-electron chi connectivity index (χ4n) is 1.97. The van der Waals surface area contributed by atoms with Gasteiger partial charge in [-0.1, -0.05) is 12.1 Å². The number of nitrogens with one attached hydrogen (secondary N) is 1. The molecule has 2 aromatic heterocycles. The standard InChI is InChI=1S/C15H14N2O/c1-2-14(11-16-7-1)18-9-6-12-3-4-13-5-8-17-15(13)10-12/h1-5,7-8,10-11,17H,6,9H2. The highest BCUT2D eigenvalue weighted by Crippen LogP contribution is 2.15. The summed E-state index contributed by atoms with van der Waals surface area (Å²) in [4.78, 5) is 7.23. The lowest BCUT2D eigenvalue weighted by molar-refractivity contribution is 0.321. The van der Waals surface area contributed by atoms with E-state index < -0.39 is 0 Å². The molecule has 18 heavy (non-hydrogen) atoms. The number of pyridine rings is 1. The summed E-state index contributed by atoms with van der Waals surface area (Å²) in [5.74, 6) is 0.818. The van der Waals surface area contributed by atoms with Crippen molar-refractivity contribution in [2.24, 2.45) is 0 Å². The van der Waals surface area contributed by atoms with Gasteiger partial charge in [0.25, 0.3) is 0 Å². The Morgan fingerprint density at radius 3 is 3.06 bits per heavy atom. The van der Waals surface area contributed by atoms with Gasteiger partial charge in [0.2, 0.25) is 0 Å². The smallest absolute Gasteiger partial charge is 0.137 e. The van der Waals surface area contributed by atoms with Gasteiger partial charge in [-0.15, -0.1) is 0 Å². The Hall–Kier alpha value is -2.29. The molecule has 0 saturated carbocycles. The fraction of sp³-hybridized carbons (Fsp3) is 0.133. The number of hydrogen-bond acceptors (Lipinski definition) is 2. The van der Waals surface area contributed by atoms with Crippen molar-refractivity contribution in [3.63, 3.8) is 0 Å². The lowest BCUT2D eigenvalue weighted by atomic mass is 10.1. The molecule has 0 amide bonds. The molecule has 0 aliphatic carbocycles. The molecule has 1 aromatic carbocycles. The van der Waals surface area contributed by atoms with Crippen molar-refractivity contribution in [2.75, 3.05) is 6.61 Å². The van der Waals surface area contributed by atoms with Gasteiger partial charge in [-0.3, -0.25) is 4.98 Å². The van der Waals surface area contributed by atoms with E-state index >= 15 is 0 Å². The van der Waals surface area contributed by atoms with E-state index in [0.29, 0.717) is 6.61 Å². The molecule has 0 radical (unpaired) electrons. The van der Waals surface area contributed by atoms with Crippen LogP contribution in [-0.4, -0.2) is 16.6 Å². The molecule has 0 aliphatic rings. The van der Waals surface area contributed by atoms with Gasteiger partial charge in [0, 0.05) is 24.3 Å². The summed E-state index contributed by atoms with van der Waals surface area (Å²) in [6, 6.07) is 12.3. The maximum absolute atomic E-state index is 5.63. The zero-order valence-corrected chi connectivity index (χ0v) is 9.97. The highest BCUT2D eigenvalue weighted by atomic mass is 16.5. The second-order valence-electron chi connectivity index (χ2n) is 4.19. The molecule has 3 heteroatoms. The predicted molar refractivity (Wildman–Crippen MR) is 71.7 cm³/mol. The minimum absolute atomic E-state index is 0.665. The number of aromatic amines is 1. The van der Waals surface area contributed by atoms with E-state index in [9.17, 15) is 0 Å². The lowest BCUT2D eigenvalue weighted by Gasteiger charge is -2.05. The van der Waals surface area contributed by atoms with E-state index in [2.05, 4.69) is 34.2 Å². The van der Waals surface area contributed by atoms with Crippen LogP contribution in [0, 0.1) is 0 Å². The first-order chi connectivity index (χ1) is 8.92. The van der Waals surface area contributed by atoms with E-state index in [4.69, 9.17) is 4.74 Å². The van der Waals surface area contributed by atoms with E-state index in [1.165, 1.54) is 16.5 Å². The number of hydrogen-bond donors (Lipinski definition) is 1. The molecule has 0 bridgehead atoms. The molecular formula is C15H14N2O. The fourth-order valence-corrected chi connectivity index (χ4v) is 1.97. The van der Waals surface area contributed by atoms with Gasteiger partial charge in [0.1, 0.15) is 5.75 Å². The first kappa shape index (κ1) is 10.8. The molecule has 2 heterocycles. The molecule has 3 rings (SSSR count). The van der Waals surface area contributed by atoms with Crippen LogP contribution in [0.5, 0.6) is 5.75 Å². The van der Waals surface area contributed by atoms with E-state index in [1.54, 1.807) is 12.4 Å². The van der Waals surface area contributed by atoms with Gasteiger partial charge in [0.05, 0.1) is 12.8 Å². The minimum atomic E-state index is 0.665. The molecule has 90 valence electrons. The van der Waals surface area contributed by atoms with E-state index in [0.717, 1.165) is 12.2 Å². The van der Waals surface area contributed by atoms with Crippen molar-refractivity contribution in [3.05, 3.63) is 60.6 Å². The number of nitrogens with zero attached hydrogens (tertiary/aromatic N) is 1. The first-order valence-corrected chi connectivity index (χ1v) is 6.01. The third-order valence-electron chi connectivity index (χ3n) is 2.91. The monoisotopic (exact) mass is 238 g/mol. The molecule has 1 N–H and O–H groups in total. The second-order valence-corrected chi connectivity index (χ2v) is 4.19. The van der Waals surface area contributed by atoms with Crippen LogP contribution in [0.25, 0.3) is 10.9 Å². The van der Waals surface area contributed by atoms with Crippen LogP contribution in [0.4, 0.5) is 0 Å². The Kier molecular flexibility index (Phi) is 2.96. The predicted octanol–water partition coefficient (Wildman–Crippen LogP) is 3.18. The van der Waals surface area contributed by atoms with Crippen molar-refractivity contribution in [3.8, 4) is 5.75 Å². The molecule has 0 atom stereocenters. The SMILES string of the molecule is c1cncc(OCCc2ccc3cc[nH]c3c2)c1. The summed E-state index contributed by atoms with van der Waals surface area (Å²) in [5, 5.41) is 1.24. The van der Waals surface area contributed by atoms with Crippen molar-refractivity contribution >= 4 is 10.9 Å². The van der Waals surface area contributed by atoms with Gasteiger partial charge in [0.15, 0.2) is 0 Å². The highest BCUT2D eigenvalue weighted by Gasteiger charge is 1.98. The van der Waals surface area contributed by atoms with Crippen molar-refractivity contribution < 1.29 is 4.74 Å². The number of H-pyrrole nitrogens is 1. The zero-order chi connectivity index (χ0) is 12.2. The summed E-state index contributed by atoms with van der Waals surface area (Å²) in [6.45, 7) is 0.665. The third kappa shape index (κ3) is 2.35. The third-order valence-corrected chi connectivity index (χ3v) is 2.91. The molecule has 0 saturated heterocycles.